The minimum atomic E-state index is -0.541. The number of rotatable bonds is 6. The molecular weight excluding hydrogens is 430 g/mol. The zero-order chi connectivity index (χ0) is 24.3. The molecule has 34 heavy (non-hydrogen) atoms. The number of carbonyl (C=O) groups is 2. The van der Waals surface area contributed by atoms with Crippen LogP contribution in [0.5, 0.6) is 11.6 Å². The Labute approximate surface area is 199 Å². The molecule has 0 bridgehead atoms. The number of aromatic nitrogens is 1. The van der Waals surface area contributed by atoms with Crippen LogP contribution in [0.2, 0.25) is 0 Å². The first kappa shape index (κ1) is 23.3. The number of nitrogens with one attached hydrogen (secondary N) is 2. The topological polar surface area (TPSA) is 89.5 Å². The van der Waals surface area contributed by atoms with Crippen LogP contribution in [0, 0.1) is 0 Å². The van der Waals surface area contributed by atoms with E-state index in [1.54, 1.807) is 30.5 Å². The Morgan fingerprint density at radius 1 is 0.941 bits per heavy atom. The van der Waals surface area contributed by atoms with Crippen molar-refractivity contribution in [3.8, 4) is 11.6 Å². The van der Waals surface area contributed by atoms with Gasteiger partial charge in [-0.1, -0.05) is 51.1 Å². The molecule has 1 aromatic heterocycles. The zero-order valence-corrected chi connectivity index (χ0v) is 19.8. The first-order valence-corrected chi connectivity index (χ1v) is 11.2. The summed E-state index contributed by atoms with van der Waals surface area (Å²) in [5.74, 6) is 0.772. The lowest BCUT2D eigenvalue weighted by Crippen LogP contribution is -2.22. The fourth-order valence-electron chi connectivity index (χ4n) is 3.93. The Hall–Kier alpha value is -3.87. The number of carbonyl (C=O) groups excluding carboxylic acids is 2. The van der Waals surface area contributed by atoms with Crippen LogP contribution in [0.3, 0.4) is 0 Å². The number of amides is 2. The van der Waals surface area contributed by atoms with E-state index in [1.165, 1.54) is 7.11 Å². The number of esters is 1. The molecular formula is C27H29N3O4. The highest BCUT2D eigenvalue weighted by Crippen LogP contribution is 2.49. The third-order valence-electron chi connectivity index (χ3n) is 5.94. The molecule has 7 nitrogen and oxygen atoms in total. The van der Waals surface area contributed by atoms with E-state index in [-0.39, 0.29) is 11.4 Å². The van der Waals surface area contributed by atoms with E-state index in [1.807, 2.05) is 36.4 Å². The summed E-state index contributed by atoms with van der Waals surface area (Å²) in [6, 6.07) is 18.1. The van der Waals surface area contributed by atoms with E-state index < -0.39 is 11.4 Å². The highest BCUT2D eigenvalue weighted by atomic mass is 16.5. The van der Waals surface area contributed by atoms with Crippen LogP contribution in [-0.4, -0.2) is 24.1 Å². The van der Waals surface area contributed by atoms with Crippen LogP contribution in [0.25, 0.3) is 0 Å². The Bertz CT molecular complexity index is 1190. The van der Waals surface area contributed by atoms with Crippen LogP contribution >= 0.6 is 0 Å². The van der Waals surface area contributed by atoms with Crippen LogP contribution in [0.1, 0.15) is 44.7 Å². The highest BCUT2D eigenvalue weighted by Gasteiger charge is 2.52. The Balaban J connectivity index is 1.46. The van der Waals surface area contributed by atoms with Gasteiger partial charge in [-0.25, -0.2) is 9.78 Å². The van der Waals surface area contributed by atoms with Crippen molar-refractivity contribution in [2.45, 2.75) is 44.4 Å². The van der Waals surface area contributed by atoms with E-state index >= 15 is 0 Å². The van der Waals surface area contributed by atoms with Crippen LogP contribution in [-0.2, 0) is 20.4 Å². The number of anilines is 2. The van der Waals surface area contributed by atoms with Gasteiger partial charge in [-0.3, -0.25) is 4.79 Å². The number of para-hydroxylation sites is 1. The van der Waals surface area contributed by atoms with Crippen molar-refractivity contribution >= 4 is 23.4 Å². The minimum absolute atomic E-state index is 0.116. The molecule has 0 saturated heterocycles. The molecule has 2 amide bonds. The van der Waals surface area contributed by atoms with E-state index in [0.717, 1.165) is 24.0 Å². The van der Waals surface area contributed by atoms with Crippen molar-refractivity contribution in [2.75, 3.05) is 17.7 Å². The lowest BCUT2D eigenvalue weighted by atomic mass is 9.86. The molecule has 2 N–H and O–H groups in total. The number of nitrogens with zero attached hydrogens (tertiary/aromatic N) is 1. The van der Waals surface area contributed by atoms with E-state index in [4.69, 9.17) is 9.47 Å². The average Bonchev–Trinajstić information content (AvgIpc) is 3.62. The van der Waals surface area contributed by atoms with Crippen LogP contribution in [0.4, 0.5) is 16.2 Å². The molecule has 0 spiro atoms. The second-order valence-corrected chi connectivity index (χ2v) is 9.43. The molecule has 3 aromatic rings. The number of ether oxygens (including phenoxy) is 2. The summed E-state index contributed by atoms with van der Waals surface area (Å²) < 4.78 is 11.1. The molecule has 1 saturated carbocycles. The molecule has 7 heteroatoms. The number of urea groups is 1. The van der Waals surface area contributed by atoms with Gasteiger partial charge in [-0.05, 0) is 54.2 Å². The van der Waals surface area contributed by atoms with Crippen molar-refractivity contribution in [1.29, 1.82) is 0 Å². The Morgan fingerprint density at radius 3 is 2.29 bits per heavy atom. The second-order valence-electron chi connectivity index (χ2n) is 9.43. The fourth-order valence-corrected chi connectivity index (χ4v) is 3.93. The van der Waals surface area contributed by atoms with Crippen molar-refractivity contribution in [2.24, 2.45) is 0 Å². The quantitative estimate of drug-likeness (QED) is 0.440. The first-order valence-electron chi connectivity index (χ1n) is 11.2. The number of methoxy groups -OCH3 is 1. The van der Waals surface area contributed by atoms with Crippen molar-refractivity contribution in [3.05, 3.63) is 78.0 Å². The standard InChI is InChI=1S/C27H29N3O4/c1-26(2,3)20-8-5-6-10-22(20)34-23-21(9-7-17-28-23)30-25(32)29-19-13-11-18(12-14-19)27(15-16-27)24(31)33-4/h5-14,17H,15-16H2,1-4H3,(H2,29,30,32). The van der Waals surface area contributed by atoms with Gasteiger partial charge in [-0.2, -0.15) is 0 Å². The predicted molar refractivity (Wildman–Crippen MR) is 131 cm³/mol. The van der Waals surface area contributed by atoms with Gasteiger partial charge in [0.1, 0.15) is 11.4 Å². The van der Waals surface area contributed by atoms with Crippen LogP contribution < -0.4 is 15.4 Å². The molecule has 0 aliphatic heterocycles. The lowest BCUT2D eigenvalue weighted by molar-refractivity contribution is -0.143. The summed E-state index contributed by atoms with van der Waals surface area (Å²) in [5, 5.41) is 5.62. The smallest absolute Gasteiger partial charge is 0.323 e. The molecule has 1 fully saturated rings. The highest BCUT2D eigenvalue weighted by molar-refractivity contribution is 6.00. The molecule has 2 aromatic carbocycles. The van der Waals surface area contributed by atoms with Gasteiger partial charge in [0.25, 0.3) is 0 Å². The molecule has 1 heterocycles. The second kappa shape index (κ2) is 9.17. The molecule has 0 atom stereocenters. The van der Waals surface area contributed by atoms with E-state index in [0.29, 0.717) is 23.0 Å². The van der Waals surface area contributed by atoms with Crippen molar-refractivity contribution < 1.29 is 19.1 Å². The summed E-state index contributed by atoms with van der Waals surface area (Å²) >= 11 is 0. The number of hydrogen-bond donors (Lipinski definition) is 2. The lowest BCUT2D eigenvalue weighted by Gasteiger charge is -2.22. The fraction of sp³-hybridized carbons (Fsp3) is 0.296. The maximum atomic E-state index is 12.7. The average molecular weight is 460 g/mol. The van der Waals surface area contributed by atoms with Gasteiger partial charge in [-0.15, -0.1) is 0 Å². The molecule has 4 rings (SSSR count). The maximum Gasteiger partial charge on any atom is 0.323 e. The van der Waals surface area contributed by atoms with Gasteiger partial charge in [0.2, 0.25) is 5.88 Å². The largest absolute Gasteiger partial charge is 0.468 e. The van der Waals surface area contributed by atoms with Gasteiger partial charge in [0.05, 0.1) is 12.5 Å². The predicted octanol–water partition coefficient (Wildman–Crippen LogP) is 6.02. The SMILES string of the molecule is COC(=O)C1(c2ccc(NC(=O)Nc3cccnc3Oc3ccccc3C(C)(C)C)cc2)CC1. The van der Waals surface area contributed by atoms with Gasteiger partial charge < -0.3 is 20.1 Å². The summed E-state index contributed by atoms with van der Waals surface area (Å²) in [6.45, 7) is 6.34. The summed E-state index contributed by atoms with van der Waals surface area (Å²) in [4.78, 5) is 29.1. The van der Waals surface area contributed by atoms with Crippen LogP contribution in [0.15, 0.2) is 66.9 Å². The number of pyridine rings is 1. The summed E-state index contributed by atoms with van der Waals surface area (Å²) in [5.41, 5.74) is 2.33. The third kappa shape index (κ3) is 4.88. The molecule has 0 radical (unpaired) electrons. The molecule has 1 aliphatic rings. The Morgan fingerprint density at radius 2 is 1.65 bits per heavy atom. The molecule has 1 aliphatic carbocycles. The Kier molecular flexibility index (Phi) is 6.28. The monoisotopic (exact) mass is 459 g/mol. The summed E-state index contributed by atoms with van der Waals surface area (Å²) in [7, 11) is 1.40. The van der Waals surface area contributed by atoms with Gasteiger partial charge in [0, 0.05) is 17.4 Å². The first-order chi connectivity index (χ1) is 16.2. The number of hydrogen-bond acceptors (Lipinski definition) is 5. The van der Waals surface area contributed by atoms with E-state index in [9.17, 15) is 9.59 Å². The van der Waals surface area contributed by atoms with E-state index in [2.05, 4.69) is 36.4 Å². The molecule has 0 unspecified atom stereocenters. The maximum absolute atomic E-state index is 12.7. The van der Waals surface area contributed by atoms with Crippen molar-refractivity contribution in [3.63, 3.8) is 0 Å². The zero-order valence-electron chi connectivity index (χ0n) is 19.8. The number of benzene rings is 2. The van der Waals surface area contributed by atoms with Crippen molar-refractivity contribution in [1.82, 2.24) is 4.98 Å². The summed E-state index contributed by atoms with van der Waals surface area (Å²) in [6.07, 6.45) is 3.16. The third-order valence-corrected chi connectivity index (χ3v) is 5.94. The molecule has 176 valence electrons. The van der Waals surface area contributed by atoms with Gasteiger partial charge in [0.15, 0.2) is 0 Å². The minimum Gasteiger partial charge on any atom is -0.468 e. The normalized spacial score (nSPS) is 14.1. The van der Waals surface area contributed by atoms with Gasteiger partial charge >= 0.3 is 12.0 Å².